The van der Waals surface area contributed by atoms with E-state index in [1.54, 1.807) is 29.6 Å². The number of carbonyl (C=O) groups is 3. The summed E-state index contributed by atoms with van der Waals surface area (Å²) in [5.74, 6) is 0.434. The van der Waals surface area contributed by atoms with E-state index in [2.05, 4.69) is 110 Å². The third kappa shape index (κ3) is 7.40. The number of thiophene rings is 2. The first-order valence-corrected chi connectivity index (χ1v) is 24.3. The molecule has 1 atom stereocenters. The summed E-state index contributed by atoms with van der Waals surface area (Å²) < 4.78 is 0. The van der Waals surface area contributed by atoms with E-state index in [1.807, 2.05) is 19.9 Å². The number of aromatic nitrogens is 2. The molecule has 61 heavy (non-hydrogen) atoms. The molecular formula is C51H59ClN4O3S2. The molecule has 320 valence electrons. The molecule has 7 nitrogen and oxygen atoms in total. The molecule has 2 aromatic carbocycles. The molecular weight excluding hydrogens is 816 g/mol. The van der Waals surface area contributed by atoms with Gasteiger partial charge in [0.1, 0.15) is 9.66 Å². The monoisotopic (exact) mass is 874 g/mol. The Kier molecular flexibility index (Phi) is 10.8. The molecule has 4 aliphatic heterocycles. The maximum Gasteiger partial charge on any atom is 0.233 e. The van der Waals surface area contributed by atoms with Gasteiger partial charge in [0.15, 0.2) is 5.78 Å². The number of nitrogens with one attached hydrogen (secondary N) is 2. The minimum atomic E-state index is -0.636. The van der Waals surface area contributed by atoms with Gasteiger partial charge in [0.2, 0.25) is 11.8 Å². The number of ketones is 1. The second-order valence-corrected chi connectivity index (χ2v) is 22.4. The predicted octanol–water partition coefficient (Wildman–Crippen LogP) is 12.7. The Bertz CT molecular complexity index is 2600. The van der Waals surface area contributed by atoms with Crippen LogP contribution < -0.4 is 0 Å². The fraction of sp³-hybridized carbons (Fsp3) is 0.471. The number of amides is 2. The fourth-order valence-electron chi connectivity index (χ4n) is 10.9. The summed E-state index contributed by atoms with van der Waals surface area (Å²) in [5, 5.41) is 1.44. The van der Waals surface area contributed by atoms with Crippen LogP contribution in [0.15, 0.2) is 54.6 Å². The molecule has 0 spiro atoms. The molecule has 8 heterocycles. The van der Waals surface area contributed by atoms with Gasteiger partial charge in [0, 0.05) is 50.4 Å². The number of H-pyrrole nitrogens is 2. The van der Waals surface area contributed by atoms with E-state index in [0.717, 1.165) is 78.6 Å². The number of benzene rings is 2. The van der Waals surface area contributed by atoms with Crippen LogP contribution >= 0.6 is 34.3 Å². The van der Waals surface area contributed by atoms with E-state index >= 15 is 0 Å². The van der Waals surface area contributed by atoms with Crippen molar-refractivity contribution in [2.75, 3.05) is 0 Å². The summed E-state index contributed by atoms with van der Waals surface area (Å²) in [6, 6.07) is 21.2. The molecule has 1 unspecified atom stereocenters. The number of carbonyl (C=O) groups excluding carboxylic acids is 3. The number of Topliss-reactive ketones (excluding diaryl/α,β-unsaturated/α-hetero) is 1. The van der Waals surface area contributed by atoms with Crippen molar-refractivity contribution in [3.05, 3.63) is 92.2 Å². The first-order valence-electron chi connectivity index (χ1n) is 22.2. The van der Waals surface area contributed by atoms with Crippen molar-refractivity contribution in [1.29, 1.82) is 0 Å². The number of hydrogen-bond acceptors (Lipinski definition) is 5. The third-order valence-corrected chi connectivity index (χ3v) is 17.1. The molecule has 4 aromatic heterocycles. The molecule has 4 aliphatic rings. The minimum absolute atomic E-state index is 0.0943. The predicted molar refractivity (Wildman–Crippen MR) is 254 cm³/mol. The van der Waals surface area contributed by atoms with E-state index in [-0.39, 0.29) is 11.7 Å². The van der Waals surface area contributed by atoms with Crippen molar-refractivity contribution in [1.82, 2.24) is 19.8 Å². The van der Waals surface area contributed by atoms with Crippen molar-refractivity contribution in [2.45, 2.75) is 154 Å². The third-order valence-electron chi connectivity index (χ3n) is 14.1. The Balaban J connectivity index is 0.000000158. The van der Waals surface area contributed by atoms with Crippen molar-refractivity contribution in [2.24, 2.45) is 0 Å². The van der Waals surface area contributed by atoms with Gasteiger partial charge in [0.25, 0.3) is 0 Å². The number of fused-ring (bicyclic) bond motifs is 6. The van der Waals surface area contributed by atoms with Crippen molar-refractivity contribution in [3.8, 4) is 22.5 Å². The Labute approximate surface area is 373 Å². The summed E-state index contributed by atoms with van der Waals surface area (Å²) in [5.41, 5.74) is 8.56. The molecule has 10 rings (SSSR count). The Morgan fingerprint density at radius 1 is 0.607 bits per heavy atom. The molecule has 0 saturated carbocycles. The van der Waals surface area contributed by atoms with Crippen LogP contribution in [0.25, 0.3) is 42.9 Å². The number of nitrogens with zero attached hydrogens (tertiary/aromatic N) is 2. The van der Waals surface area contributed by atoms with E-state index in [4.69, 9.17) is 11.6 Å². The summed E-state index contributed by atoms with van der Waals surface area (Å²) >= 11 is 9.61. The zero-order valence-corrected chi connectivity index (χ0v) is 39.4. The average molecular weight is 876 g/mol. The van der Waals surface area contributed by atoms with E-state index in [9.17, 15) is 14.4 Å². The molecule has 2 amide bonds. The highest BCUT2D eigenvalue weighted by Crippen LogP contribution is 2.46. The van der Waals surface area contributed by atoms with Gasteiger partial charge < -0.3 is 19.8 Å². The van der Waals surface area contributed by atoms with Crippen LogP contribution in [0.3, 0.4) is 0 Å². The van der Waals surface area contributed by atoms with Gasteiger partial charge in [-0.25, -0.2) is 0 Å². The van der Waals surface area contributed by atoms with Crippen LogP contribution in [-0.4, -0.2) is 66.9 Å². The lowest BCUT2D eigenvalue weighted by Crippen LogP contribution is -2.45. The maximum atomic E-state index is 13.7. The fourth-order valence-corrected chi connectivity index (χ4v) is 13.4. The number of alkyl halides is 1. The Morgan fingerprint density at radius 3 is 1.48 bits per heavy atom. The van der Waals surface area contributed by atoms with Crippen LogP contribution in [0.5, 0.6) is 0 Å². The number of aryl methyl sites for hydroxylation is 4. The summed E-state index contributed by atoms with van der Waals surface area (Å²) in [6.07, 6.45) is 9.28. The van der Waals surface area contributed by atoms with Crippen molar-refractivity contribution >= 4 is 72.3 Å². The van der Waals surface area contributed by atoms with Gasteiger partial charge in [-0.2, -0.15) is 0 Å². The topological polar surface area (TPSA) is 89.3 Å². The molecule has 2 N–H and O–H groups in total. The van der Waals surface area contributed by atoms with Crippen LogP contribution in [0.2, 0.25) is 0 Å². The quantitative estimate of drug-likeness (QED) is 0.118. The summed E-state index contributed by atoms with van der Waals surface area (Å²) in [6.45, 7) is 18.4. The van der Waals surface area contributed by atoms with Crippen LogP contribution in [-0.2, 0) is 20.4 Å². The number of rotatable bonds is 8. The normalized spacial score (nSPS) is 21.5. The Hall–Kier alpha value is -4.18. The molecule has 4 saturated heterocycles. The molecule has 4 fully saturated rings. The Morgan fingerprint density at radius 2 is 1.03 bits per heavy atom. The largest absolute Gasteiger partial charge is 0.346 e. The lowest BCUT2D eigenvalue weighted by molar-refractivity contribution is -0.138. The number of halogens is 1. The number of aromatic amines is 2. The van der Waals surface area contributed by atoms with Gasteiger partial charge in [-0.1, -0.05) is 34.4 Å². The summed E-state index contributed by atoms with van der Waals surface area (Å²) in [7, 11) is 0. The van der Waals surface area contributed by atoms with E-state index in [0.29, 0.717) is 35.6 Å². The van der Waals surface area contributed by atoms with Crippen LogP contribution in [0, 0.1) is 27.7 Å². The smallest absolute Gasteiger partial charge is 0.233 e. The zero-order chi connectivity index (χ0) is 43.3. The van der Waals surface area contributed by atoms with Gasteiger partial charge >= 0.3 is 0 Å². The van der Waals surface area contributed by atoms with Crippen LogP contribution in [0.4, 0.5) is 0 Å². The standard InChI is InChI=1S/C27H31ClN2O2S.C24H28N2OS/c1-14-10-15(2)12-17(11-14)23-22(24(31)16(3)28)20-13-21(33-25(20)29-23)27(4,5)26(32)30-18-6-7-19(30)9-8-18;1-14-9-15(2)11-16(10-14)20-12-17-13-21(28-22(17)25-20)24(3,4)23(27)26-18-5-6-19(26)8-7-18/h10-13,16,18-19,29H,6-9H2,1-5H3;9-13,18-19,25H,5-8H2,1-4H3. The van der Waals surface area contributed by atoms with Crippen LogP contribution in [0.1, 0.15) is 128 Å². The van der Waals surface area contributed by atoms with Crippen molar-refractivity contribution < 1.29 is 14.4 Å². The molecule has 0 radical (unpaired) electrons. The van der Waals surface area contributed by atoms with Gasteiger partial charge in [-0.05, 0) is 167 Å². The zero-order valence-electron chi connectivity index (χ0n) is 37.1. The average Bonchev–Trinajstić information content (AvgIpc) is 4.07. The molecule has 6 aromatic rings. The minimum Gasteiger partial charge on any atom is -0.346 e. The molecule has 4 bridgehead atoms. The van der Waals surface area contributed by atoms with Gasteiger partial charge in [-0.3, -0.25) is 14.4 Å². The molecule has 10 heteroatoms. The lowest BCUT2D eigenvalue weighted by atomic mass is 9.88. The summed E-state index contributed by atoms with van der Waals surface area (Å²) in [4.78, 5) is 56.0. The molecule has 0 aliphatic carbocycles. The second-order valence-electron chi connectivity index (χ2n) is 19.6. The highest BCUT2D eigenvalue weighted by Gasteiger charge is 2.49. The highest BCUT2D eigenvalue weighted by molar-refractivity contribution is 7.19. The van der Waals surface area contributed by atoms with Crippen molar-refractivity contribution in [3.63, 3.8) is 0 Å². The first kappa shape index (κ1) is 42.1. The van der Waals surface area contributed by atoms with E-state index < -0.39 is 16.2 Å². The SMILES string of the molecule is Cc1cc(C)cc(-c2[nH]c3sc(C(C)(C)C(=O)N4C5CCC4CC5)cc3c2C(=O)C(C)Cl)c1.Cc1cc(C)cc(-c2cc3cc(C(C)(C)C(=O)N4C5CCC4CC5)sc3[nH]2)c1. The second kappa shape index (κ2) is 15.6. The first-order chi connectivity index (χ1) is 28.9. The lowest BCUT2D eigenvalue weighted by Gasteiger charge is -2.31. The van der Waals surface area contributed by atoms with Gasteiger partial charge in [-0.15, -0.1) is 34.3 Å². The number of hydrogen-bond donors (Lipinski definition) is 2. The van der Waals surface area contributed by atoms with E-state index in [1.165, 1.54) is 47.8 Å². The highest BCUT2D eigenvalue weighted by atomic mass is 35.5. The van der Waals surface area contributed by atoms with Gasteiger partial charge in [0.05, 0.1) is 27.5 Å². The maximum absolute atomic E-state index is 13.7.